The first-order valence-corrected chi connectivity index (χ1v) is 6.93. The summed E-state index contributed by atoms with van der Waals surface area (Å²) in [6.07, 6.45) is 2.09. The quantitative estimate of drug-likeness (QED) is 0.868. The first-order valence-electron chi connectivity index (χ1n) is 6.93. The van der Waals surface area contributed by atoms with E-state index in [0.717, 1.165) is 44.6 Å². The molecule has 0 radical (unpaired) electrons. The Bertz CT molecular complexity index is 487. The van der Waals surface area contributed by atoms with Crippen molar-refractivity contribution in [2.45, 2.75) is 25.5 Å². The van der Waals surface area contributed by atoms with Crippen molar-refractivity contribution in [1.29, 1.82) is 0 Å². The molecule has 1 saturated heterocycles. The van der Waals surface area contributed by atoms with Crippen molar-refractivity contribution >= 4 is 5.91 Å². The van der Waals surface area contributed by atoms with Crippen LogP contribution in [0.4, 0.5) is 0 Å². The molecule has 4 heteroatoms. The van der Waals surface area contributed by atoms with Crippen LogP contribution < -0.4 is 5.32 Å². The van der Waals surface area contributed by atoms with Gasteiger partial charge in [-0.25, -0.2) is 0 Å². The maximum absolute atomic E-state index is 12.6. The molecule has 2 aliphatic heterocycles. The molecule has 102 valence electrons. The third-order valence-electron chi connectivity index (χ3n) is 4.14. The lowest BCUT2D eigenvalue weighted by molar-refractivity contribution is 0.0723. The van der Waals surface area contributed by atoms with Gasteiger partial charge in [-0.2, -0.15) is 0 Å². The Labute approximate surface area is 113 Å². The van der Waals surface area contributed by atoms with Crippen molar-refractivity contribution in [3.8, 4) is 0 Å². The number of likely N-dealkylation sites (tertiary alicyclic amines) is 1. The van der Waals surface area contributed by atoms with Crippen LogP contribution in [0.3, 0.4) is 0 Å². The summed E-state index contributed by atoms with van der Waals surface area (Å²) in [6, 6.07) is 6.07. The van der Waals surface area contributed by atoms with Crippen molar-refractivity contribution in [2.75, 3.05) is 26.7 Å². The summed E-state index contributed by atoms with van der Waals surface area (Å²) in [5.74, 6) is 0.165. The molecule has 19 heavy (non-hydrogen) atoms. The molecule has 0 saturated carbocycles. The zero-order chi connectivity index (χ0) is 13.2. The van der Waals surface area contributed by atoms with Crippen LogP contribution in [-0.4, -0.2) is 43.7 Å². The molecule has 1 atom stereocenters. The normalized spacial score (nSPS) is 22.4. The maximum atomic E-state index is 12.6. The third-order valence-corrected chi connectivity index (χ3v) is 4.14. The van der Waals surface area contributed by atoms with Crippen molar-refractivity contribution < 1.29 is 9.53 Å². The number of hydrogen-bond donors (Lipinski definition) is 1. The molecular formula is C15H20N2O2. The Morgan fingerprint density at radius 3 is 3.16 bits per heavy atom. The second-order valence-electron chi connectivity index (χ2n) is 5.27. The number of hydrogen-bond acceptors (Lipinski definition) is 3. The zero-order valence-corrected chi connectivity index (χ0v) is 11.3. The molecule has 0 spiro atoms. The smallest absolute Gasteiger partial charge is 0.254 e. The minimum Gasteiger partial charge on any atom is -0.380 e. The number of carbonyl (C=O) groups is 1. The third kappa shape index (κ3) is 2.38. The van der Waals surface area contributed by atoms with Crippen molar-refractivity contribution in [2.24, 2.45) is 0 Å². The number of ether oxygens (including phenoxy) is 1. The molecule has 1 fully saturated rings. The predicted octanol–water partition coefficient (Wildman–Crippen LogP) is 1.19. The molecule has 0 aromatic heterocycles. The Balaban J connectivity index is 1.84. The number of nitrogens with zero attached hydrogens (tertiary/aromatic N) is 1. The summed E-state index contributed by atoms with van der Waals surface area (Å²) in [6.45, 7) is 3.35. The number of methoxy groups -OCH3 is 1. The molecule has 0 bridgehead atoms. The van der Waals surface area contributed by atoms with E-state index in [1.54, 1.807) is 7.11 Å². The van der Waals surface area contributed by atoms with Crippen molar-refractivity contribution in [3.63, 3.8) is 0 Å². The fourth-order valence-corrected chi connectivity index (χ4v) is 3.01. The van der Waals surface area contributed by atoms with Crippen molar-refractivity contribution in [1.82, 2.24) is 10.2 Å². The molecule has 0 aliphatic carbocycles. The summed E-state index contributed by atoms with van der Waals surface area (Å²) in [7, 11) is 1.72. The number of benzene rings is 1. The van der Waals surface area contributed by atoms with Gasteiger partial charge in [0.1, 0.15) is 0 Å². The van der Waals surface area contributed by atoms with Crippen LogP contribution in [0.15, 0.2) is 18.2 Å². The van der Waals surface area contributed by atoms with Gasteiger partial charge in [0.2, 0.25) is 0 Å². The minimum atomic E-state index is 0.165. The summed E-state index contributed by atoms with van der Waals surface area (Å²) in [4.78, 5) is 14.6. The van der Waals surface area contributed by atoms with E-state index in [-0.39, 0.29) is 12.0 Å². The monoisotopic (exact) mass is 260 g/mol. The molecule has 1 amide bonds. The highest BCUT2D eigenvalue weighted by atomic mass is 16.5. The van der Waals surface area contributed by atoms with E-state index in [4.69, 9.17) is 4.74 Å². The van der Waals surface area contributed by atoms with Gasteiger partial charge >= 0.3 is 0 Å². The van der Waals surface area contributed by atoms with Gasteiger partial charge < -0.3 is 15.0 Å². The van der Waals surface area contributed by atoms with Crippen LogP contribution in [0.5, 0.6) is 0 Å². The second-order valence-corrected chi connectivity index (χ2v) is 5.27. The highest BCUT2D eigenvalue weighted by molar-refractivity contribution is 5.96. The van der Waals surface area contributed by atoms with E-state index >= 15 is 0 Å². The molecule has 1 aromatic rings. The maximum Gasteiger partial charge on any atom is 0.254 e. The van der Waals surface area contributed by atoms with Crippen molar-refractivity contribution in [3.05, 3.63) is 34.9 Å². The topological polar surface area (TPSA) is 41.6 Å². The lowest BCUT2D eigenvalue weighted by Crippen LogP contribution is -2.32. The lowest BCUT2D eigenvalue weighted by atomic mass is 9.95. The average Bonchev–Trinajstić information content (AvgIpc) is 2.95. The van der Waals surface area contributed by atoms with E-state index in [2.05, 4.69) is 11.4 Å². The van der Waals surface area contributed by atoms with Crippen LogP contribution >= 0.6 is 0 Å². The van der Waals surface area contributed by atoms with Gasteiger partial charge in [-0.05, 0) is 36.6 Å². The predicted molar refractivity (Wildman–Crippen MR) is 73.2 cm³/mol. The average molecular weight is 260 g/mol. The molecule has 2 heterocycles. The highest BCUT2D eigenvalue weighted by Gasteiger charge is 2.28. The van der Waals surface area contributed by atoms with E-state index in [0.29, 0.717) is 0 Å². The highest BCUT2D eigenvalue weighted by Crippen LogP contribution is 2.22. The van der Waals surface area contributed by atoms with Gasteiger partial charge in [-0.3, -0.25) is 4.79 Å². The second kappa shape index (κ2) is 5.31. The van der Waals surface area contributed by atoms with E-state index in [1.807, 2.05) is 17.0 Å². The summed E-state index contributed by atoms with van der Waals surface area (Å²) < 4.78 is 5.34. The zero-order valence-electron chi connectivity index (χ0n) is 11.3. The number of rotatable bonds is 2. The van der Waals surface area contributed by atoms with Crippen LogP contribution in [0.2, 0.25) is 0 Å². The summed E-state index contributed by atoms with van der Waals surface area (Å²) >= 11 is 0. The molecule has 2 aliphatic rings. The first-order chi connectivity index (χ1) is 9.29. The largest absolute Gasteiger partial charge is 0.380 e. The SMILES string of the molecule is COC1CCN(C(=O)c2cccc3c2CCNC3)C1. The molecule has 1 aromatic carbocycles. The van der Waals surface area contributed by atoms with Crippen LogP contribution in [0.25, 0.3) is 0 Å². The van der Waals surface area contributed by atoms with Crippen LogP contribution in [-0.2, 0) is 17.7 Å². The molecule has 1 unspecified atom stereocenters. The Hall–Kier alpha value is -1.39. The summed E-state index contributed by atoms with van der Waals surface area (Å²) in [5.41, 5.74) is 3.38. The number of amides is 1. The minimum absolute atomic E-state index is 0.165. The first kappa shape index (κ1) is 12.6. The fourth-order valence-electron chi connectivity index (χ4n) is 3.01. The molecule has 1 N–H and O–H groups in total. The Morgan fingerprint density at radius 2 is 2.37 bits per heavy atom. The van der Waals surface area contributed by atoms with E-state index in [9.17, 15) is 4.79 Å². The number of carbonyl (C=O) groups excluding carboxylic acids is 1. The van der Waals surface area contributed by atoms with Crippen LogP contribution in [0, 0.1) is 0 Å². The van der Waals surface area contributed by atoms with Gasteiger partial charge in [-0.15, -0.1) is 0 Å². The van der Waals surface area contributed by atoms with Gasteiger partial charge in [-0.1, -0.05) is 12.1 Å². The van der Waals surface area contributed by atoms with Gasteiger partial charge in [0.25, 0.3) is 5.91 Å². The van der Waals surface area contributed by atoms with Crippen LogP contribution in [0.1, 0.15) is 27.9 Å². The molecular weight excluding hydrogens is 240 g/mol. The Morgan fingerprint density at radius 1 is 1.47 bits per heavy atom. The van der Waals surface area contributed by atoms with E-state index < -0.39 is 0 Å². The number of fused-ring (bicyclic) bond motifs is 1. The van der Waals surface area contributed by atoms with Gasteiger partial charge in [0.15, 0.2) is 0 Å². The number of nitrogens with one attached hydrogen (secondary N) is 1. The molecule has 4 nitrogen and oxygen atoms in total. The van der Waals surface area contributed by atoms with E-state index in [1.165, 1.54) is 11.1 Å². The summed E-state index contributed by atoms with van der Waals surface area (Å²) in [5, 5.41) is 3.35. The fraction of sp³-hybridized carbons (Fsp3) is 0.533. The van der Waals surface area contributed by atoms with Gasteiger partial charge in [0, 0.05) is 32.3 Å². The molecule has 3 rings (SSSR count). The standard InChI is InChI=1S/C15H20N2O2/c1-19-12-6-8-17(10-12)15(18)14-4-2-3-11-9-16-7-5-13(11)14/h2-4,12,16H,5-10H2,1H3. The van der Waals surface area contributed by atoms with Gasteiger partial charge in [0.05, 0.1) is 6.10 Å². The lowest BCUT2D eigenvalue weighted by Gasteiger charge is -2.23. The Kier molecular flexibility index (Phi) is 3.53.